The van der Waals surface area contributed by atoms with Crippen molar-refractivity contribution in [1.82, 2.24) is 5.32 Å². The summed E-state index contributed by atoms with van der Waals surface area (Å²) < 4.78 is 0. The van der Waals surface area contributed by atoms with Crippen LogP contribution in [0.3, 0.4) is 0 Å². The molecule has 0 unspecified atom stereocenters. The van der Waals surface area contributed by atoms with E-state index < -0.39 is 6.04 Å². The molecule has 0 spiro atoms. The van der Waals surface area contributed by atoms with Crippen LogP contribution in [0.1, 0.15) is 18.4 Å². The third kappa shape index (κ3) is 7.87. The van der Waals surface area contributed by atoms with Crippen LogP contribution in [0.15, 0.2) is 54.6 Å². The molecule has 2 aromatic rings. The van der Waals surface area contributed by atoms with E-state index in [0.29, 0.717) is 36.5 Å². The highest BCUT2D eigenvalue weighted by Gasteiger charge is 2.13. The van der Waals surface area contributed by atoms with Gasteiger partial charge in [-0.05, 0) is 42.7 Å². The van der Waals surface area contributed by atoms with E-state index in [4.69, 9.17) is 17.3 Å². The molecule has 7 heteroatoms. The molecule has 0 aromatic heterocycles. The number of carbonyl (C=O) groups excluding carboxylic acids is 2. The monoisotopic (exact) mass is 395 g/mol. The minimum absolute atomic E-state index is 0. The molecule has 5 nitrogen and oxygen atoms in total. The molecule has 0 aliphatic carbocycles. The number of rotatable bonds is 8. The van der Waals surface area contributed by atoms with Gasteiger partial charge < -0.3 is 16.4 Å². The summed E-state index contributed by atoms with van der Waals surface area (Å²) in [4.78, 5) is 23.8. The molecule has 0 saturated carbocycles. The van der Waals surface area contributed by atoms with Crippen LogP contribution in [0, 0.1) is 0 Å². The molecule has 2 aromatic carbocycles. The number of anilines is 1. The van der Waals surface area contributed by atoms with Crippen molar-refractivity contribution in [2.24, 2.45) is 5.73 Å². The third-order valence-corrected chi connectivity index (χ3v) is 3.90. The van der Waals surface area contributed by atoms with Crippen molar-refractivity contribution < 1.29 is 9.59 Å². The second-order valence-electron chi connectivity index (χ2n) is 5.75. The number of hydrogen-bond acceptors (Lipinski definition) is 3. The van der Waals surface area contributed by atoms with Gasteiger partial charge in [-0.15, -0.1) is 12.4 Å². The topological polar surface area (TPSA) is 84.2 Å². The number of carbonyl (C=O) groups is 2. The number of halogens is 2. The molecule has 0 fully saturated rings. The first-order valence-electron chi connectivity index (χ1n) is 8.17. The normalized spacial score (nSPS) is 11.2. The molecule has 4 N–H and O–H groups in total. The minimum Gasteiger partial charge on any atom is -0.355 e. The Morgan fingerprint density at radius 1 is 1.04 bits per heavy atom. The molecular weight excluding hydrogens is 373 g/mol. The fourth-order valence-corrected chi connectivity index (χ4v) is 2.44. The second-order valence-corrected chi connectivity index (χ2v) is 6.18. The zero-order valence-electron chi connectivity index (χ0n) is 14.3. The molecule has 2 amide bonds. The Labute approximate surface area is 164 Å². The average Bonchev–Trinajstić information content (AvgIpc) is 2.61. The quantitative estimate of drug-likeness (QED) is 0.600. The van der Waals surface area contributed by atoms with E-state index in [-0.39, 0.29) is 24.2 Å². The fourth-order valence-electron chi connectivity index (χ4n) is 2.31. The van der Waals surface area contributed by atoms with E-state index in [9.17, 15) is 9.59 Å². The van der Waals surface area contributed by atoms with Crippen LogP contribution in [-0.4, -0.2) is 24.4 Å². The molecule has 26 heavy (non-hydrogen) atoms. The number of nitrogens with two attached hydrogens (primary N) is 1. The largest absolute Gasteiger partial charge is 0.355 e. The van der Waals surface area contributed by atoms with Gasteiger partial charge in [0.1, 0.15) is 0 Å². The predicted octanol–water partition coefficient (Wildman–Crippen LogP) is 3.17. The Morgan fingerprint density at radius 3 is 2.35 bits per heavy atom. The summed E-state index contributed by atoms with van der Waals surface area (Å²) in [6.07, 6.45) is 1.35. The van der Waals surface area contributed by atoms with Crippen LogP contribution in [-0.2, 0) is 16.0 Å². The average molecular weight is 396 g/mol. The lowest BCUT2D eigenvalue weighted by molar-refractivity contribution is -0.122. The summed E-state index contributed by atoms with van der Waals surface area (Å²) in [7, 11) is 0. The SMILES string of the molecule is Cl.N[C@@H](Cc1ccccc1)C(=O)NCCCC(=O)Nc1ccc(Cl)cc1. The predicted molar refractivity (Wildman–Crippen MR) is 108 cm³/mol. The van der Waals surface area contributed by atoms with Crippen molar-refractivity contribution in [3.8, 4) is 0 Å². The van der Waals surface area contributed by atoms with Crippen molar-refractivity contribution in [1.29, 1.82) is 0 Å². The summed E-state index contributed by atoms with van der Waals surface area (Å²) in [6, 6.07) is 15.9. The Hall–Kier alpha value is -2.08. The first-order valence-corrected chi connectivity index (χ1v) is 8.55. The van der Waals surface area contributed by atoms with E-state index in [1.165, 1.54) is 0 Å². The molecule has 2 rings (SSSR count). The van der Waals surface area contributed by atoms with Crippen LogP contribution in [0.4, 0.5) is 5.69 Å². The van der Waals surface area contributed by atoms with Gasteiger partial charge in [0.2, 0.25) is 11.8 Å². The first-order chi connectivity index (χ1) is 12.0. The molecular formula is C19H23Cl2N3O2. The van der Waals surface area contributed by atoms with E-state index in [0.717, 1.165) is 5.56 Å². The smallest absolute Gasteiger partial charge is 0.237 e. The van der Waals surface area contributed by atoms with Gasteiger partial charge in [0, 0.05) is 23.7 Å². The van der Waals surface area contributed by atoms with E-state index in [1.54, 1.807) is 24.3 Å². The van der Waals surface area contributed by atoms with Crippen LogP contribution >= 0.6 is 24.0 Å². The third-order valence-electron chi connectivity index (χ3n) is 3.64. The lowest BCUT2D eigenvalue weighted by Crippen LogP contribution is -2.42. The van der Waals surface area contributed by atoms with Crippen LogP contribution in [0.5, 0.6) is 0 Å². The zero-order chi connectivity index (χ0) is 18.1. The molecule has 0 heterocycles. The van der Waals surface area contributed by atoms with Gasteiger partial charge in [-0.25, -0.2) is 0 Å². The summed E-state index contributed by atoms with van der Waals surface area (Å²) in [5, 5.41) is 6.16. The highest BCUT2D eigenvalue weighted by molar-refractivity contribution is 6.30. The van der Waals surface area contributed by atoms with Crippen molar-refractivity contribution >= 4 is 41.5 Å². The van der Waals surface area contributed by atoms with E-state index in [2.05, 4.69) is 10.6 Å². The number of hydrogen-bond donors (Lipinski definition) is 3. The van der Waals surface area contributed by atoms with E-state index >= 15 is 0 Å². The summed E-state index contributed by atoms with van der Waals surface area (Å²) in [5.41, 5.74) is 7.62. The summed E-state index contributed by atoms with van der Waals surface area (Å²) in [5.74, 6) is -0.313. The number of benzene rings is 2. The molecule has 140 valence electrons. The molecule has 1 atom stereocenters. The molecule has 0 aliphatic heterocycles. The number of amides is 2. The van der Waals surface area contributed by atoms with E-state index in [1.807, 2.05) is 30.3 Å². The standard InChI is InChI=1S/C19H22ClN3O2.ClH/c20-15-8-10-16(11-9-15)23-18(24)7-4-12-22-19(25)17(21)13-14-5-2-1-3-6-14;/h1-3,5-6,8-11,17H,4,7,12-13,21H2,(H,22,25)(H,23,24);1H/t17-;/m0./s1. The lowest BCUT2D eigenvalue weighted by atomic mass is 10.1. The van der Waals surface area contributed by atoms with Gasteiger partial charge in [0.25, 0.3) is 0 Å². The highest BCUT2D eigenvalue weighted by Crippen LogP contribution is 2.13. The maximum Gasteiger partial charge on any atom is 0.237 e. The van der Waals surface area contributed by atoms with Gasteiger partial charge in [-0.2, -0.15) is 0 Å². The molecule has 0 saturated heterocycles. The second kappa shape index (κ2) is 11.5. The zero-order valence-corrected chi connectivity index (χ0v) is 15.9. The van der Waals surface area contributed by atoms with Gasteiger partial charge in [-0.1, -0.05) is 41.9 Å². The Bertz CT molecular complexity index is 694. The molecule has 0 bridgehead atoms. The number of nitrogens with one attached hydrogen (secondary N) is 2. The minimum atomic E-state index is -0.592. The van der Waals surface area contributed by atoms with Gasteiger partial charge in [0.15, 0.2) is 0 Å². The Balaban J connectivity index is 0.00000338. The maximum absolute atomic E-state index is 12.0. The van der Waals surface area contributed by atoms with Crippen molar-refractivity contribution in [2.45, 2.75) is 25.3 Å². The molecule has 0 radical (unpaired) electrons. The summed E-state index contributed by atoms with van der Waals surface area (Å²) in [6.45, 7) is 0.412. The van der Waals surface area contributed by atoms with Gasteiger partial charge >= 0.3 is 0 Å². The van der Waals surface area contributed by atoms with Crippen LogP contribution < -0.4 is 16.4 Å². The lowest BCUT2D eigenvalue weighted by Gasteiger charge is -2.12. The fraction of sp³-hybridized carbons (Fsp3) is 0.263. The van der Waals surface area contributed by atoms with Crippen molar-refractivity contribution in [2.75, 3.05) is 11.9 Å². The highest BCUT2D eigenvalue weighted by atomic mass is 35.5. The van der Waals surface area contributed by atoms with Crippen LogP contribution in [0.2, 0.25) is 5.02 Å². The Morgan fingerprint density at radius 2 is 1.69 bits per heavy atom. The van der Waals surface area contributed by atoms with Crippen molar-refractivity contribution in [3.05, 3.63) is 65.2 Å². The molecule has 0 aliphatic rings. The van der Waals surface area contributed by atoms with Crippen molar-refractivity contribution in [3.63, 3.8) is 0 Å². The maximum atomic E-state index is 12.0. The summed E-state index contributed by atoms with van der Waals surface area (Å²) >= 11 is 5.79. The van der Waals surface area contributed by atoms with Gasteiger partial charge in [0.05, 0.1) is 6.04 Å². The van der Waals surface area contributed by atoms with Gasteiger partial charge in [-0.3, -0.25) is 9.59 Å². The first kappa shape index (κ1) is 22.0. The Kier molecular flexibility index (Phi) is 9.73. The van der Waals surface area contributed by atoms with Crippen LogP contribution in [0.25, 0.3) is 0 Å².